The van der Waals surface area contributed by atoms with E-state index in [1.165, 1.54) is 6.07 Å². The standard InChI is InChI=1S/C15H13F3N4O/c1-7-19-11(15(23)21-8-2-3-8)6-12(20-7)22-10-5-4-9(16)13(17)14(10)18/h4-6,8H,2-3H2,1H3,(H,21,23)(H,19,20,22). The van der Waals surface area contributed by atoms with Crippen molar-refractivity contribution in [3.8, 4) is 0 Å². The van der Waals surface area contributed by atoms with Gasteiger partial charge in [0, 0.05) is 12.1 Å². The largest absolute Gasteiger partial charge is 0.348 e. The van der Waals surface area contributed by atoms with Crippen molar-refractivity contribution >= 4 is 17.4 Å². The number of hydrogen-bond acceptors (Lipinski definition) is 4. The minimum atomic E-state index is -1.58. The summed E-state index contributed by atoms with van der Waals surface area (Å²) in [4.78, 5) is 20.0. The molecule has 1 aliphatic carbocycles. The van der Waals surface area contributed by atoms with Crippen LogP contribution in [0.1, 0.15) is 29.2 Å². The lowest BCUT2D eigenvalue weighted by atomic mass is 10.2. The lowest BCUT2D eigenvalue weighted by molar-refractivity contribution is 0.0945. The molecule has 0 unspecified atom stereocenters. The highest BCUT2D eigenvalue weighted by Crippen LogP contribution is 2.23. The molecule has 0 bridgehead atoms. The molecule has 0 radical (unpaired) electrons. The zero-order valence-corrected chi connectivity index (χ0v) is 12.2. The maximum Gasteiger partial charge on any atom is 0.270 e. The fraction of sp³-hybridized carbons (Fsp3) is 0.267. The Morgan fingerprint density at radius 1 is 1.17 bits per heavy atom. The number of hydrogen-bond donors (Lipinski definition) is 2. The van der Waals surface area contributed by atoms with Gasteiger partial charge in [0.25, 0.3) is 5.91 Å². The Bertz CT molecular complexity index is 778. The van der Waals surface area contributed by atoms with Crippen LogP contribution in [-0.4, -0.2) is 21.9 Å². The van der Waals surface area contributed by atoms with Crippen LogP contribution in [0.3, 0.4) is 0 Å². The smallest absolute Gasteiger partial charge is 0.270 e. The van der Waals surface area contributed by atoms with E-state index in [2.05, 4.69) is 20.6 Å². The molecule has 1 aromatic carbocycles. The third-order valence-electron chi connectivity index (χ3n) is 3.28. The van der Waals surface area contributed by atoms with Crippen molar-refractivity contribution in [2.45, 2.75) is 25.8 Å². The third-order valence-corrected chi connectivity index (χ3v) is 3.28. The Hall–Kier alpha value is -2.64. The second-order valence-electron chi connectivity index (χ2n) is 5.28. The molecule has 23 heavy (non-hydrogen) atoms. The van der Waals surface area contributed by atoms with Crippen LogP contribution in [0.5, 0.6) is 0 Å². The Morgan fingerprint density at radius 2 is 1.91 bits per heavy atom. The first-order chi connectivity index (χ1) is 10.9. The van der Waals surface area contributed by atoms with E-state index in [1.807, 2.05) is 0 Å². The monoisotopic (exact) mass is 322 g/mol. The lowest BCUT2D eigenvalue weighted by Gasteiger charge is -2.10. The Morgan fingerprint density at radius 3 is 2.61 bits per heavy atom. The molecule has 120 valence electrons. The van der Waals surface area contributed by atoms with Crippen LogP contribution in [0, 0.1) is 24.4 Å². The highest BCUT2D eigenvalue weighted by molar-refractivity contribution is 5.93. The predicted molar refractivity (Wildman–Crippen MR) is 76.9 cm³/mol. The van der Waals surface area contributed by atoms with Crippen molar-refractivity contribution in [2.24, 2.45) is 0 Å². The van der Waals surface area contributed by atoms with Crippen molar-refractivity contribution in [3.63, 3.8) is 0 Å². The minimum absolute atomic E-state index is 0.114. The highest BCUT2D eigenvalue weighted by atomic mass is 19.2. The number of rotatable bonds is 4. The highest BCUT2D eigenvalue weighted by Gasteiger charge is 2.24. The lowest BCUT2D eigenvalue weighted by Crippen LogP contribution is -2.26. The Balaban J connectivity index is 1.86. The number of nitrogens with zero attached hydrogens (tertiary/aromatic N) is 2. The number of carbonyl (C=O) groups is 1. The molecular formula is C15H13F3N4O. The van der Waals surface area contributed by atoms with Gasteiger partial charge in [-0.2, -0.15) is 0 Å². The zero-order chi connectivity index (χ0) is 16.6. The van der Waals surface area contributed by atoms with E-state index in [4.69, 9.17) is 0 Å². The average Bonchev–Trinajstić information content (AvgIpc) is 3.31. The van der Waals surface area contributed by atoms with Crippen molar-refractivity contribution in [3.05, 3.63) is 47.2 Å². The van der Waals surface area contributed by atoms with E-state index < -0.39 is 17.5 Å². The van der Waals surface area contributed by atoms with E-state index in [0.717, 1.165) is 25.0 Å². The fourth-order valence-corrected chi connectivity index (χ4v) is 2.00. The second-order valence-corrected chi connectivity index (χ2v) is 5.28. The summed E-state index contributed by atoms with van der Waals surface area (Å²) in [6.45, 7) is 1.57. The normalized spacial score (nSPS) is 13.7. The van der Waals surface area contributed by atoms with E-state index in [9.17, 15) is 18.0 Å². The quantitative estimate of drug-likeness (QED) is 0.850. The molecule has 8 heteroatoms. The molecule has 0 saturated heterocycles. The first-order valence-electron chi connectivity index (χ1n) is 7.01. The van der Waals surface area contributed by atoms with Gasteiger partial charge in [-0.15, -0.1) is 0 Å². The Kier molecular flexibility index (Phi) is 3.89. The fourth-order valence-electron chi connectivity index (χ4n) is 2.00. The van der Waals surface area contributed by atoms with Crippen LogP contribution in [0.2, 0.25) is 0 Å². The molecule has 1 aromatic heterocycles. The number of amides is 1. The van der Waals surface area contributed by atoms with Gasteiger partial charge in [-0.1, -0.05) is 0 Å². The maximum absolute atomic E-state index is 13.7. The van der Waals surface area contributed by atoms with Gasteiger partial charge in [-0.05, 0) is 31.9 Å². The van der Waals surface area contributed by atoms with Gasteiger partial charge < -0.3 is 10.6 Å². The maximum atomic E-state index is 13.7. The number of benzene rings is 1. The summed E-state index contributed by atoms with van der Waals surface area (Å²) < 4.78 is 39.9. The van der Waals surface area contributed by atoms with Gasteiger partial charge in [0.05, 0.1) is 5.69 Å². The number of aromatic nitrogens is 2. The number of carbonyl (C=O) groups excluding carboxylic acids is 1. The molecular weight excluding hydrogens is 309 g/mol. The second kappa shape index (κ2) is 5.86. The molecule has 0 atom stereocenters. The molecule has 1 aliphatic rings. The average molecular weight is 322 g/mol. The molecule has 1 amide bonds. The van der Waals surface area contributed by atoms with Gasteiger partial charge in [0.1, 0.15) is 17.3 Å². The summed E-state index contributed by atoms with van der Waals surface area (Å²) in [5, 5.41) is 5.31. The van der Waals surface area contributed by atoms with Crippen LogP contribution in [0.4, 0.5) is 24.7 Å². The molecule has 2 aromatic rings. The number of anilines is 2. The molecule has 0 aliphatic heterocycles. The van der Waals surface area contributed by atoms with Crippen LogP contribution in [-0.2, 0) is 0 Å². The van der Waals surface area contributed by atoms with E-state index in [1.54, 1.807) is 6.92 Å². The van der Waals surface area contributed by atoms with Crippen LogP contribution >= 0.6 is 0 Å². The summed E-state index contributed by atoms with van der Waals surface area (Å²) in [6, 6.07) is 3.34. The predicted octanol–water partition coefficient (Wildman–Crippen LogP) is 2.84. The van der Waals surface area contributed by atoms with Gasteiger partial charge in [0.2, 0.25) is 0 Å². The van der Waals surface area contributed by atoms with Crippen LogP contribution in [0.25, 0.3) is 0 Å². The van der Waals surface area contributed by atoms with Crippen molar-refractivity contribution in [1.29, 1.82) is 0 Å². The van der Waals surface area contributed by atoms with Crippen molar-refractivity contribution in [2.75, 3.05) is 5.32 Å². The zero-order valence-electron chi connectivity index (χ0n) is 12.2. The van der Waals surface area contributed by atoms with Gasteiger partial charge >= 0.3 is 0 Å². The first-order valence-corrected chi connectivity index (χ1v) is 7.01. The van der Waals surface area contributed by atoms with Crippen molar-refractivity contribution in [1.82, 2.24) is 15.3 Å². The molecule has 2 N–H and O–H groups in total. The minimum Gasteiger partial charge on any atom is -0.348 e. The van der Waals surface area contributed by atoms with E-state index in [0.29, 0.717) is 5.82 Å². The number of halogens is 3. The van der Waals surface area contributed by atoms with Crippen molar-refractivity contribution < 1.29 is 18.0 Å². The molecule has 1 fully saturated rings. The van der Waals surface area contributed by atoms with Gasteiger partial charge in [0.15, 0.2) is 17.5 Å². The topological polar surface area (TPSA) is 66.9 Å². The summed E-state index contributed by atoms with van der Waals surface area (Å²) in [5.74, 6) is -4.16. The molecule has 0 spiro atoms. The van der Waals surface area contributed by atoms with Gasteiger partial charge in [-0.3, -0.25) is 4.79 Å². The molecule has 3 rings (SSSR count). The molecule has 1 heterocycles. The SMILES string of the molecule is Cc1nc(Nc2ccc(F)c(F)c2F)cc(C(=O)NC2CC2)n1. The number of aryl methyl sites for hydroxylation is 1. The summed E-state index contributed by atoms with van der Waals surface area (Å²) >= 11 is 0. The van der Waals surface area contributed by atoms with E-state index >= 15 is 0 Å². The van der Waals surface area contributed by atoms with Gasteiger partial charge in [-0.25, -0.2) is 23.1 Å². The Labute approximate surface area is 130 Å². The summed E-state index contributed by atoms with van der Waals surface area (Å²) in [7, 11) is 0. The van der Waals surface area contributed by atoms with Crippen LogP contribution in [0.15, 0.2) is 18.2 Å². The summed E-state index contributed by atoms with van der Waals surface area (Å²) in [6.07, 6.45) is 1.86. The third kappa shape index (κ3) is 3.41. The number of nitrogens with one attached hydrogen (secondary N) is 2. The molecule has 1 saturated carbocycles. The van der Waals surface area contributed by atoms with E-state index in [-0.39, 0.29) is 29.1 Å². The summed E-state index contributed by atoms with van der Waals surface area (Å²) in [5.41, 5.74) is -0.162. The first kappa shape index (κ1) is 15.3. The molecule has 5 nitrogen and oxygen atoms in total. The van der Waals surface area contributed by atoms with Crippen LogP contribution < -0.4 is 10.6 Å².